The van der Waals surface area contributed by atoms with Gasteiger partial charge in [-0.15, -0.1) is 0 Å². The molecular weight excluding hydrogens is 234 g/mol. The molecule has 0 saturated heterocycles. The lowest BCUT2D eigenvalue weighted by molar-refractivity contribution is 0.417. The SMILES string of the molecule is CCCCCS(=O)Cc1ccc(OC)c(N)c1. The van der Waals surface area contributed by atoms with Crippen LogP contribution in [0.25, 0.3) is 0 Å². The van der Waals surface area contributed by atoms with Crippen LogP contribution in [0.4, 0.5) is 5.69 Å². The highest BCUT2D eigenvalue weighted by Crippen LogP contribution is 2.22. The largest absolute Gasteiger partial charge is 0.495 e. The number of nitrogen functional groups attached to an aromatic ring is 1. The minimum Gasteiger partial charge on any atom is -0.495 e. The van der Waals surface area contributed by atoms with E-state index in [9.17, 15) is 4.21 Å². The number of hydrogen-bond acceptors (Lipinski definition) is 3. The molecule has 0 radical (unpaired) electrons. The summed E-state index contributed by atoms with van der Waals surface area (Å²) < 4.78 is 16.9. The predicted molar refractivity (Wildman–Crippen MR) is 73.6 cm³/mol. The molecule has 0 aromatic heterocycles. The minimum atomic E-state index is -0.786. The van der Waals surface area contributed by atoms with Crippen molar-refractivity contribution < 1.29 is 8.95 Å². The highest BCUT2D eigenvalue weighted by Gasteiger charge is 2.04. The van der Waals surface area contributed by atoms with E-state index < -0.39 is 10.8 Å². The second-order valence-corrected chi connectivity index (χ2v) is 5.65. The van der Waals surface area contributed by atoms with Crippen LogP contribution in [-0.2, 0) is 16.6 Å². The lowest BCUT2D eigenvalue weighted by Gasteiger charge is -2.07. The maximum absolute atomic E-state index is 11.8. The zero-order valence-corrected chi connectivity index (χ0v) is 11.4. The quantitative estimate of drug-likeness (QED) is 0.602. The second-order valence-electron chi connectivity index (χ2n) is 4.07. The molecule has 1 atom stereocenters. The van der Waals surface area contributed by atoms with Gasteiger partial charge in [0.05, 0.1) is 12.8 Å². The highest BCUT2D eigenvalue weighted by atomic mass is 32.2. The molecule has 3 nitrogen and oxygen atoms in total. The van der Waals surface area contributed by atoms with Gasteiger partial charge < -0.3 is 10.5 Å². The van der Waals surface area contributed by atoms with Crippen LogP contribution in [-0.4, -0.2) is 17.1 Å². The molecule has 1 rings (SSSR count). The summed E-state index contributed by atoms with van der Waals surface area (Å²) in [7, 11) is 0.806. The van der Waals surface area contributed by atoms with Gasteiger partial charge in [0.2, 0.25) is 0 Å². The van der Waals surface area contributed by atoms with Gasteiger partial charge in [-0.3, -0.25) is 4.21 Å². The number of benzene rings is 1. The van der Waals surface area contributed by atoms with Gasteiger partial charge in [-0.1, -0.05) is 25.8 Å². The molecule has 1 aromatic rings. The van der Waals surface area contributed by atoms with Crippen LogP contribution in [0.15, 0.2) is 18.2 Å². The molecule has 0 heterocycles. The van der Waals surface area contributed by atoms with Crippen molar-refractivity contribution in [2.75, 3.05) is 18.6 Å². The summed E-state index contributed by atoms with van der Waals surface area (Å²) in [6, 6.07) is 5.59. The van der Waals surface area contributed by atoms with Gasteiger partial charge in [-0.25, -0.2) is 0 Å². The van der Waals surface area contributed by atoms with Gasteiger partial charge in [0.25, 0.3) is 0 Å². The Hall–Kier alpha value is -1.03. The Morgan fingerprint density at radius 3 is 2.71 bits per heavy atom. The smallest absolute Gasteiger partial charge is 0.141 e. The first kappa shape index (κ1) is 14.0. The molecule has 0 aliphatic rings. The zero-order valence-electron chi connectivity index (χ0n) is 10.6. The van der Waals surface area contributed by atoms with Crippen LogP contribution < -0.4 is 10.5 Å². The van der Waals surface area contributed by atoms with Crippen molar-refractivity contribution in [2.45, 2.75) is 31.9 Å². The van der Waals surface area contributed by atoms with Gasteiger partial charge >= 0.3 is 0 Å². The normalized spacial score (nSPS) is 12.4. The van der Waals surface area contributed by atoms with E-state index in [-0.39, 0.29) is 0 Å². The van der Waals surface area contributed by atoms with Crippen molar-refractivity contribution in [3.05, 3.63) is 23.8 Å². The first-order chi connectivity index (χ1) is 8.17. The molecule has 0 aliphatic heterocycles. The molecule has 0 bridgehead atoms. The summed E-state index contributed by atoms with van der Waals surface area (Å²) in [5.41, 5.74) is 7.42. The van der Waals surface area contributed by atoms with Crippen molar-refractivity contribution in [1.82, 2.24) is 0 Å². The topological polar surface area (TPSA) is 52.3 Å². The van der Waals surface area contributed by atoms with Crippen LogP contribution in [0.3, 0.4) is 0 Å². The number of hydrogen-bond donors (Lipinski definition) is 1. The van der Waals surface area contributed by atoms with E-state index in [2.05, 4.69) is 6.92 Å². The van der Waals surface area contributed by atoms with Gasteiger partial charge in [-0.2, -0.15) is 0 Å². The fraction of sp³-hybridized carbons (Fsp3) is 0.538. The monoisotopic (exact) mass is 255 g/mol. The Bertz CT molecular complexity index is 380. The third-order valence-corrected chi connectivity index (χ3v) is 4.00. The first-order valence-electron chi connectivity index (χ1n) is 5.94. The standard InChI is InChI=1S/C13H21NO2S/c1-3-4-5-8-17(15)10-11-6-7-13(16-2)12(14)9-11/h6-7,9H,3-5,8,10,14H2,1-2H3. The van der Waals surface area contributed by atoms with E-state index in [1.165, 1.54) is 0 Å². The molecule has 0 saturated carbocycles. The highest BCUT2D eigenvalue weighted by molar-refractivity contribution is 7.84. The maximum atomic E-state index is 11.8. The fourth-order valence-corrected chi connectivity index (χ4v) is 2.87. The third kappa shape index (κ3) is 4.77. The molecule has 4 heteroatoms. The molecule has 1 unspecified atom stereocenters. The summed E-state index contributed by atoms with van der Waals surface area (Å²) >= 11 is 0. The van der Waals surface area contributed by atoms with Gasteiger partial charge in [0.1, 0.15) is 5.75 Å². The zero-order chi connectivity index (χ0) is 12.7. The minimum absolute atomic E-state index is 0.581. The van der Waals surface area contributed by atoms with E-state index >= 15 is 0 Å². The molecule has 17 heavy (non-hydrogen) atoms. The van der Waals surface area contributed by atoms with E-state index in [1.807, 2.05) is 18.2 Å². The van der Waals surface area contributed by atoms with Crippen LogP contribution in [0.5, 0.6) is 5.75 Å². The summed E-state index contributed by atoms with van der Waals surface area (Å²) in [6.07, 6.45) is 3.35. The van der Waals surface area contributed by atoms with Crippen molar-refractivity contribution in [3.63, 3.8) is 0 Å². The summed E-state index contributed by atoms with van der Waals surface area (Å²) in [5.74, 6) is 2.03. The molecule has 96 valence electrons. The average molecular weight is 255 g/mol. The second kappa shape index (κ2) is 7.33. The Kier molecular flexibility index (Phi) is 6.05. The predicted octanol–water partition coefficient (Wildman–Crippen LogP) is 2.72. The molecular formula is C13H21NO2S. The van der Waals surface area contributed by atoms with E-state index in [0.717, 1.165) is 30.6 Å². The van der Waals surface area contributed by atoms with Crippen LogP contribution in [0, 0.1) is 0 Å². The number of nitrogens with two attached hydrogens (primary N) is 1. The number of methoxy groups -OCH3 is 1. The molecule has 0 aliphatic carbocycles. The van der Waals surface area contributed by atoms with Crippen LogP contribution in [0.1, 0.15) is 31.7 Å². The molecule has 1 aromatic carbocycles. The van der Waals surface area contributed by atoms with Crippen molar-refractivity contribution in [2.24, 2.45) is 0 Å². The molecule has 0 fully saturated rings. The number of ether oxygens (including phenoxy) is 1. The maximum Gasteiger partial charge on any atom is 0.141 e. The molecule has 0 amide bonds. The first-order valence-corrected chi connectivity index (χ1v) is 7.43. The van der Waals surface area contributed by atoms with Crippen LogP contribution in [0.2, 0.25) is 0 Å². The van der Waals surface area contributed by atoms with E-state index in [0.29, 0.717) is 17.2 Å². The van der Waals surface area contributed by atoms with Crippen molar-refractivity contribution in [1.29, 1.82) is 0 Å². The Labute approximate surface area is 106 Å². The Morgan fingerprint density at radius 2 is 2.12 bits per heavy atom. The molecule has 2 N–H and O–H groups in total. The summed E-state index contributed by atoms with van der Waals surface area (Å²) in [5, 5.41) is 0. The van der Waals surface area contributed by atoms with Crippen LogP contribution >= 0.6 is 0 Å². The lowest BCUT2D eigenvalue weighted by atomic mass is 10.2. The van der Waals surface area contributed by atoms with Gasteiger partial charge in [-0.05, 0) is 24.1 Å². The number of rotatable bonds is 7. The van der Waals surface area contributed by atoms with E-state index in [4.69, 9.17) is 10.5 Å². The van der Waals surface area contributed by atoms with Crippen molar-refractivity contribution in [3.8, 4) is 5.75 Å². The fourth-order valence-electron chi connectivity index (χ4n) is 1.64. The number of anilines is 1. The van der Waals surface area contributed by atoms with Gasteiger partial charge in [0.15, 0.2) is 0 Å². The lowest BCUT2D eigenvalue weighted by Crippen LogP contribution is -2.02. The van der Waals surface area contributed by atoms with E-state index in [1.54, 1.807) is 7.11 Å². The molecule has 0 spiro atoms. The average Bonchev–Trinajstić information content (AvgIpc) is 2.29. The Morgan fingerprint density at radius 1 is 1.35 bits per heavy atom. The van der Waals surface area contributed by atoms with Gasteiger partial charge in [0, 0.05) is 22.3 Å². The Balaban J connectivity index is 2.51. The third-order valence-electron chi connectivity index (χ3n) is 2.60. The van der Waals surface area contributed by atoms with Crippen molar-refractivity contribution >= 4 is 16.5 Å². The number of unbranched alkanes of at least 4 members (excludes halogenated alkanes) is 2. The summed E-state index contributed by atoms with van der Waals surface area (Å²) in [4.78, 5) is 0. The summed E-state index contributed by atoms with van der Waals surface area (Å²) in [6.45, 7) is 2.15.